The highest BCUT2D eigenvalue weighted by atomic mass is 19.1. The zero-order valence-corrected chi connectivity index (χ0v) is 11.0. The molecule has 1 atom stereocenters. The Balaban J connectivity index is 1.94. The maximum atomic E-state index is 13.0. The Labute approximate surface area is 111 Å². The van der Waals surface area contributed by atoms with Gasteiger partial charge in [0.2, 0.25) is 0 Å². The van der Waals surface area contributed by atoms with Crippen molar-refractivity contribution in [1.29, 1.82) is 0 Å². The Morgan fingerprint density at radius 1 is 1.37 bits per heavy atom. The van der Waals surface area contributed by atoms with Crippen molar-refractivity contribution >= 4 is 5.91 Å². The predicted molar refractivity (Wildman–Crippen MR) is 69.0 cm³/mol. The van der Waals surface area contributed by atoms with Crippen LogP contribution in [0.4, 0.5) is 8.78 Å². The molecule has 3 nitrogen and oxygen atoms in total. The zero-order chi connectivity index (χ0) is 13.8. The summed E-state index contributed by atoms with van der Waals surface area (Å²) < 4.78 is 26.0. The van der Waals surface area contributed by atoms with Gasteiger partial charge in [0, 0.05) is 24.2 Å². The second-order valence-corrected chi connectivity index (χ2v) is 4.79. The quantitative estimate of drug-likeness (QED) is 0.907. The number of likely N-dealkylation sites (tertiary alicyclic amines) is 1. The first kappa shape index (κ1) is 13.9. The van der Waals surface area contributed by atoms with Gasteiger partial charge in [-0.15, -0.1) is 0 Å². The largest absolute Gasteiger partial charge is 0.350 e. The second kappa shape index (κ2) is 6.10. The fourth-order valence-corrected chi connectivity index (χ4v) is 2.54. The summed E-state index contributed by atoms with van der Waals surface area (Å²) >= 11 is 0. The number of carbonyl (C=O) groups is 1. The third-order valence-electron chi connectivity index (χ3n) is 3.53. The van der Waals surface area contributed by atoms with Crippen LogP contribution in [0.5, 0.6) is 0 Å². The number of nitrogens with zero attached hydrogens (tertiary/aromatic N) is 1. The molecule has 0 aromatic heterocycles. The third-order valence-corrected chi connectivity index (χ3v) is 3.53. The molecule has 1 aromatic rings. The molecular formula is C14H18F2N2O. The van der Waals surface area contributed by atoms with Crippen LogP contribution in [0.1, 0.15) is 30.1 Å². The highest BCUT2D eigenvalue weighted by Crippen LogP contribution is 2.16. The number of amides is 1. The molecule has 1 heterocycles. The zero-order valence-electron chi connectivity index (χ0n) is 11.0. The maximum absolute atomic E-state index is 13.0. The van der Waals surface area contributed by atoms with E-state index in [9.17, 15) is 13.6 Å². The van der Waals surface area contributed by atoms with Crippen molar-refractivity contribution in [3.63, 3.8) is 0 Å². The van der Waals surface area contributed by atoms with Crippen LogP contribution in [-0.2, 0) is 0 Å². The molecule has 1 aromatic carbocycles. The molecule has 1 N–H and O–H groups in total. The van der Waals surface area contributed by atoms with E-state index in [2.05, 4.69) is 17.1 Å². The van der Waals surface area contributed by atoms with Crippen molar-refractivity contribution in [1.82, 2.24) is 10.2 Å². The van der Waals surface area contributed by atoms with E-state index in [1.54, 1.807) is 0 Å². The lowest BCUT2D eigenvalue weighted by atomic mass is 10.1. The molecular weight excluding hydrogens is 250 g/mol. The molecule has 1 aliphatic heterocycles. The first-order valence-electron chi connectivity index (χ1n) is 6.58. The lowest BCUT2D eigenvalue weighted by Gasteiger charge is -2.22. The lowest BCUT2D eigenvalue weighted by Crippen LogP contribution is -2.40. The molecule has 1 fully saturated rings. The fraction of sp³-hybridized carbons (Fsp3) is 0.500. The molecule has 0 saturated carbocycles. The van der Waals surface area contributed by atoms with E-state index in [1.165, 1.54) is 0 Å². The second-order valence-electron chi connectivity index (χ2n) is 4.79. The van der Waals surface area contributed by atoms with Crippen molar-refractivity contribution in [2.24, 2.45) is 0 Å². The summed E-state index contributed by atoms with van der Waals surface area (Å²) in [5.41, 5.74) is 0.0264. The molecule has 0 aliphatic carbocycles. The van der Waals surface area contributed by atoms with Gasteiger partial charge in [-0.05, 0) is 38.1 Å². The monoisotopic (exact) mass is 268 g/mol. The van der Waals surface area contributed by atoms with E-state index in [-0.39, 0.29) is 5.56 Å². The molecule has 2 rings (SSSR count). The molecule has 5 heteroatoms. The van der Waals surface area contributed by atoms with Gasteiger partial charge in [-0.25, -0.2) is 8.78 Å². The van der Waals surface area contributed by atoms with Crippen LogP contribution in [0.15, 0.2) is 18.2 Å². The van der Waals surface area contributed by atoms with Crippen molar-refractivity contribution in [3.8, 4) is 0 Å². The first-order valence-corrected chi connectivity index (χ1v) is 6.58. The van der Waals surface area contributed by atoms with Crippen LogP contribution < -0.4 is 5.32 Å². The van der Waals surface area contributed by atoms with Crippen LogP contribution >= 0.6 is 0 Å². The van der Waals surface area contributed by atoms with Gasteiger partial charge in [0.05, 0.1) is 0 Å². The van der Waals surface area contributed by atoms with Gasteiger partial charge in [-0.1, -0.05) is 6.92 Å². The standard InChI is InChI=1S/C14H18F2N2O/c1-2-18-5-3-4-13(18)9-17-14(19)10-6-11(15)8-12(16)7-10/h6-8,13H,2-5,9H2,1H3,(H,17,19). The Morgan fingerprint density at radius 2 is 2.05 bits per heavy atom. The Hall–Kier alpha value is -1.49. The van der Waals surface area contributed by atoms with Gasteiger partial charge in [0.25, 0.3) is 5.91 Å². The first-order chi connectivity index (χ1) is 9.10. The van der Waals surface area contributed by atoms with Crippen LogP contribution in [-0.4, -0.2) is 36.5 Å². The Kier molecular flexibility index (Phi) is 4.47. The molecule has 19 heavy (non-hydrogen) atoms. The number of likely N-dealkylation sites (N-methyl/N-ethyl adjacent to an activating group) is 1. The van der Waals surface area contributed by atoms with Gasteiger partial charge in [-0.3, -0.25) is 9.69 Å². The van der Waals surface area contributed by atoms with Crippen molar-refractivity contribution in [2.75, 3.05) is 19.6 Å². The van der Waals surface area contributed by atoms with E-state index in [0.29, 0.717) is 12.6 Å². The van der Waals surface area contributed by atoms with E-state index in [1.807, 2.05) is 0 Å². The summed E-state index contributed by atoms with van der Waals surface area (Å²) in [6.45, 7) is 4.60. The minimum atomic E-state index is -0.735. The van der Waals surface area contributed by atoms with Crippen molar-refractivity contribution in [2.45, 2.75) is 25.8 Å². The predicted octanol–water partition coefficient (Wildman–Crippen LogP) is 2.18. The third kappa shape index (κ3) is 3.50. The summed E-state index contributed by atoms with van der Waals surface area (Å²) in [6, 6.07) is 3.18. The number of hydrogen-bond acceptors (Lipinski definition) is 2. The molecule has 0 radical (unpaired) electrons. The summed E-state index contributed by atoms with van der Waals surface area (Å²) in [4.78, 5) is 14.1. The molecule has 104 valence electrons. The molecule has 0 bridgehead atoms. The smallest absolute Gasteiger partial charge is 0.251 e. The molecule has 1 unspecified atom stereocenters. The van der Waals surface area contributed by atoms with Gasteiger partial charge in [-0.2, -0.15) is 0 Å². The van der Waals surface area contributed by atoms with Gasteiger partial charge < -0.3 is 5.32 Å². The topological polar surface area (TPSA) is 32.3 Å². The van der Waals surface area contributed by atoms with Crippen LogP contribution in [0.25, 0.3) is 0 Å². The van der Waals surface area contributed by atoms with E-state index >= 15 is 0 Å². The number of hydrogen-bond donors (Lipinski definition) is 1. The van der Waals surface area contributed by atoms with E-state index in [4.69, 9.17) is 0 Å². The number of benzene rings is 1. The lowest BCUT2D eigenvalue weighted by molar-refractivity contribution is 0.0940. The van der Waals surface area contributed by atoms with Gasteiger partial charge in [0.15, 0.2) is 0 Å². The summed E-state index contributed by atoms with van der Waals surface area (Å²) in [6.07, 6.45) is 2.18. The van der Waals surface area contributed by atoms with Gasteiger partial charge in [0.1, 0.15) is 11.6 Å². The van der Waals surface area contributed by atoms with Crippen LogP contribution in [0, 0.1) is 11.6 Å². The Morgan fingerprint density at radius 3 is 2.68 bits per heavy atom. The molecule has 1 saturated heterocycles. The van der Waals surface area contributed by atoms with Gasteiger partial charge >= 0.3 is 0 Å². The molecule has 1 amide bonds. The number of carbonyl (C=O) groups excluding carboxylic acids is 1. The number of nitrogens with one attached hydrogen (secondary N) is 1. The number of halogens is 2. The average Bonchev–Trinajstić information content (AvgIpc) is 2.82. The average molecular weight is 268 g/mol. The highest BCUT2D eigenvalue weighted by Gasteiger charge is 2.23. The normalized spacial score (nSPS) is 19.6. The summed E-state index contributed by atoms with van der Waals surface area (Å²) in [7, 11) is 0. The minimum absolute atomic E-state index is 0.0264. The summed E-state index contributed by atoms with van der Waals surface area (Å²) in [5.74, 6) is -1.90. The van der Waals surface area contributed by atoms with Crippen molar-refractivity contribution in [3.05, 3.63) is 35.4 Å². The van der Waals surface area contributed by atoms with Crippen LogP contribution in [0.3, 0.4) is 0 Å². The minimum Gasteiger partial charge on any atom is -0.350 e. The van der Waals surface area contributed by atoms with Crippen LogP contribution in [0.2, 0.25) is 0 Å². The molecule has 0 spiro atoms. The number of rotatable bonds is 4. The SMILES string of the molecule is CCN1CCCC1CNC(=O)c1cc(F)cc(F)c1. The maximum Gasteiger partial charge on any atom is 0.251 e. The molecule has 1 aliphatic rings. The van der Waals surface area contributed by atoms with E-state index in [0.717, 1.165) is 44.1 Å². The van der Waals surface area contributed by atoms with Crippen molar-refractivity contribution < 1.29 is 13.6 Å². The highest BCUT2D eigenvalue weighted by molar-refractivity contribution is 5.94. The Bertz CT molecular complexity index is 445. The summed E-state index contributed by atoms with van der Waals surface area (Å²) in [5, 5.41) is 2.75. The van der Waals surface area contributed by atoms with E-state index < -0.39 is 17.5 Å². The fourth-order valence-electron chi connectivity index (χ4n) is 2.54.